The molecule has 1 amide bonds. The van der Waals surface area contributed by atoms with E-state index in [2.05, 4.69) is 53.4 Å². The van der Waals surface area contributed by atoms with Crippen LogP contribution in [0.25, 0.3) is 11.1 Å². The molecule has 0 saturated heterocycles. The predicted molar refractivity (Wildman–Crippen MR) is 150 cm³/mol. The van der Waals surface area contributed by atoms with Crippen LogP contribution in [0.4, 0.5) is 11.4 Å². The van der Waals surface area contributed by atoms with Crippen LogP contribution < -0.4 is 14.5 Å². The molecule has 2 aliphatic carbocycles. The highest BCUT2D eigenvalue weighted by Gasteiger charge is 2.51. The zero-order valence-electron chi connectivity index (χ0n) is 22.5. The van der Waals surface area contributed by atoms with Crippen LogP contribution in [0.3, 0.4) is 0 Å². The molecular formula is C32H36N2O4. The van der Waals surface area contributed by atoms with Crippen LogP contribution in [0, 0.1) is 11.3 Å². The Bertz CT molecular complexity index is 1280. The summed E-state index contributed by atoms with van der Waals surface area (Å²) in [6.45, 7) is 0.308. The second-order valence-corrected chi connectivity index (χ2v) is 10.8. The number of carbonyl (C=O) groups excluding carboxylic acids is 2. The zero-order chi connectivity index (χ0) is 26.7. The average Bonchev–Trinajstić information content (AvgIpc) is 3.58. The Kier molecular flexibility index (Phi) is 7.41. The maximum atomic E-state index is 14.1. The average molecular weight is 513 g/mol. The number of anilines is 2. The number of esters is 1. The lowest BCUT2D eigenvalue weighted by Gasteiger charge is -2.33. The van der Waals surface area contributed by atoms with Gasteiger partial charge >= 0.3 is 5.97 Å². The van der Waals surface area contributed by atoms with E-state index in [1.165, 1.54) is 7.11 Å². The van der Waals surface area contributed by atoms with Crippen LogP contribution >= 0.6 is 0 Å². The number of methoxy groups -OCH3 is 1. The van der Waals surface area contributed by atoms with Crippen molar-refractivity contribution < 1.29 is 19.1 Å². The normalized spacial score (nSPS) is 19.7. The largest absolute Gasteiger partial charge is 0.482 e. The summed E-state index contributed by atoms with van der Waals surface area (Å²) in [5.41, 5.74) is 5.05. The molecule has 2 aliphatic rings. The number of benzene rings is 3. The molecule has 0 N–H and O–H groups in total. The van der Waals surface area contributed by atoms with Gasteiger partial charge in [-0.3, -0.25) is 4.79 Å². The van der Waals surface area contributed by atoms with Gasteiger partial charge in [0.1, 0.15) is 5.75 Å². The number of fused-ring (bicyclic) bond motifs is 2. The fourth-order valence-electron chi connectivity index (χ4n) is 5.94. The third-order valence-electron chi connectivity index (χ3n) is 8.17. The summed E-state index contributed by atoms with van der Waals surface area (Å²) < 4.78 is 10.3. The lowest BCUT2D eigenvalue weighted by atomic mass is 9.82. The maximum Gasteiger partial charge on any atom is 0.343 e. The van der Waals surface area contributed by atoms with E-state index in [0.717, 1.165) is 60.2 Å². The number of hydrogen-bond acceptors (Lipinski definition) is 5. The van der Waals surface area contributed by atoms with Gasteiger partial charge < -0.3 is 19.3 Å². The Balaban J connectivity index is 1.40. The van der Waals surface area contributed by atoms with Crippen molar-refractivity contribution in [3.05, 3.63) is 78.4 Å². The summed E-state index contributed by atoms with van der Waals surface area (Å²) in [7, 11) is 5.41. The fraction of sp³-hybridized carbons (Fsp3) is 0.375. The molecule has 0 aliphatic heterocycles. The molecule has 2 bridgehead atoms. The van der Waals surface area contributed by atoms with Crippen molar-refractivity contribution in [3.63, 3.8) is 0 Å². The first-order chi connectivity index (χ1) is 18.4. The summed E-state index contributed by atoms with van der Waals surface area (Å²) in [6, 6.07) is 24.4. The minimum absolute atomic E-state index is 0.170. The lowest BCUT2D eigenvalue weighted by molar-refractivity contribution is -0.142. The van der Waals surface area contributed by atoms with Crippen molar-refractivity contribution in [1.82, 2.24) is 0 Å². The van der Waals surface area contributed by atoms with E-state index >= 15 is 0 Å². The van der Waals surface area contributed by atoms with Gasteiger partial charge in [0, 0.05) is 31.5 Å². The Labute approximate surface area is 225 Å². The Morgan fingerprint density at radius 3 is 2.13 bits per heavy atom. The van der Waals surface area contributed by atoms with E-state index in [4.69, 9.17) is 9.47 Å². The van der Waals surface area contributed by atoms with E-state index in [1.54, 1.807) is 6.07 Å². The van der Waals surface area contributed by atoms with Crippen molar-refractivity contribution in [1.29, 1.82) is 0 Å². The standard InChI is InChI=1S/C32H36N2O4/c1-33(2)27-13-11-26(12-14-27)25-9-7-24(8-10-25)21-34(31(36)32-17-15-23(20-32)16-18-32)28-5-4-6-29(19-28)38-22-30(35)37-3/h4-14,19,23H,15-18,20-22H2,1-3H3. The van der Waals surface area contributed by atoms with Crippen molar-refractivity contribution in [2.24, 2.45) is 11.3 Å². The quantitative estimate of drug-likeness (QED) is 0.325. The second-order valence-electron chi connectivity index (χ2n) is 10.8. The summed E-state index contributed by atoms with van der Waals surface area (Å²) in [4.78, 5) is 29.7. The van der Waals surface area contributed by atoms with Crippen LogP contribution in [-0.4, -0.2) is 39.7 Å². The van der Waals surface area contributed by atoms with Gasteiger partial charge in [0.25, 0.3) is 0 Å². The number of carbonyl (C=O) groups is 2. The molecule has 0 spiro atoms. The molecule has 0 atom stereocenters. The molecule has 0 heterocycles. The summed E-state index contributed by atoms with van der Waals surface area (Å²) in [5, 5.41) is 0. The first kappa shape index (κ1) is 25.8. The Morgan fingerprint density at radius 1 is 0.895 bits per heavy atom. The molecule has 5 rings (SSSR count). The third kappa shape index (κ3) is 5.40. The number of amides is 1. The number of hydrogen-bond donors (Lipinski definition) is 0. The predicted octanol–water partition coefficient (Wildman–Crippen LogP) is 6.08. The number of rotatable bonds is 9. The number of ether oxygens (including phenoxy) is 2. The molecular weight excluding hydrogens is 476 g/mol. The van der Waals surface area contributed by atoms with E-state index in [-0.39, 0.29) is 17.9 Å². The molecule has 0 unspecified atom stereocenters. The SMILES string of the molecule is COC(=O)COc1cccc(N(Cc2ccc(-c3ccc(N(C)C)cc3)cc2)C(=O)C23CCC(CC2)C3)c1. The van der Waals surface area contributed by atoms with E-state index in [0.29, 0.717) is 18.2 Å². The minimum atomic E-state index is -0.443. The molecule has 3 aromatic carbocycles. The zero-order valence-corrected chi connectivity index (χ0v) is 22.5. The fourth-order valence-corrected chi connectivity index (χ4v) is 5.94. The number of nitrogens with zero attached hydrogens (tertiary/aromatic N) is 2. The molecule has 0 radical (unpaired) electrons. The van der Waals surface area contributed by atoms with E-state index < -0.39 is 5.97 Å². The molecule has 6 nitrogen and oxygen atoms in total. The molecule has 198 valence electrons. The van der Waals surface area contributed by atoms with Gasteiger partial charge in [-0.1, -0.05) is 42.5 Å². The van der Waals surface area contributed by atoms with Gasteiger partial charge in [-0.2, -0.15) is 0 Å². The van der Waals surface area contributed by atoms with Gasteiger partial charge in [0.15, 0.2) is 6.61 Å². The van der Waals surface area contributed by atoms with Gasteiger partial charge in [0.2, 0.25) is 5.91 Å². The van der Waals surface area contributed by atoms with Crippen LogP contribution in [0.5, 0.6) is 5.75 Å². The summed E-state index contributed by atoms with van der Waals surface area (Å²) in [5.74, 6) is 0.969. The van der Waals surface area contributed by atoms with E-state index in [9.17, 15) is 9.59 Å². The van der Waals surface area contributed by atoms with Crippen molar-refractivity contribution in [3.8, 4) is 16.9 Å². The minimum Gasteiger partial charge on any atom is -0.482 e. The maximum absolute atomic E-state index is 14.1. The molecule has 0 aromatic heterocycles. The molecule has 2 saturated carbocycles. The van der Waals surface area contributed by atoms with Crippen LogP contribution in [0.15, 0.2) is 72.8 Å². The van der Waals surface area contributed by atoms with Crippen LogP contribution in [0.1, 0.15) is 37.7 Å². The highest BCUT2D eigenvalue weighted by molar-refractivity contribution is 5.98. The van der Waals surface area contributed by atoms with E-state index in [1.807, 2.05) is 37.2 Å². The summed E-state index contributed by atoms with van der Waals surface area (Å²) in [6.07, 6.45) is 5.20. The van der Waals surface area contributed by atoms with Gasteiger partial charge in [-0.05, 0) is 79.0 Å². The molecule has 2 fully saturated rings. The van der Waals surface area contributed by atoms with Gasteiger partial charge in [-0.15, -0.1) is 0 Å². The topological polar surface area (TPSA) is 59.1 Å². The van der Waals surface area contributed by atoms with Gasteiger partial charge in [0.05, 0.1) is 19.1 Å². The molecule has 38 heavy (non-hydrogen) atoms. The molecule has 3 aromatic rings. The highest BCUT2D eigenvalue weighted by atomic mass is 16.6. The van der Waals surface area contributed by atoms with Crippen LogP contribution in [0.2, 0.25) is 0 Å². The Morgan fingerprint density at radius 2 is 1.55 bits per heavy atom. The third-order valence-corrected chi connectivity index (χ3v) is 8.17. The Hall–Kier alpha value is -3.80. The monoisotopic (exact) mass is 512 g/mol. The molecule has 6 heteroatoms. The smallest absolute Gasteiger partial charge is 0.343 e. The first-order valence-electron chi connectivity index (χ1n) is 13.4. The van der Waals surface area contributed by atoms with Crippen molar-refractivity contribution in [2.45, 2.75) is 38.6 Å². The van der Waals surface area contributed by atoms with Crippen molar-refractivity contribution in [2.75, 3.05) is 37.6 Å². The lowest BCUT2D eigenvalue weighted by Crippen LogP contribution is -2.41. The van der Waals surface area contributed by atoms with Crippen LogP contribution in [-0.2, 0) is 20.9 Å². The highest BCUT2D eigenvalue weighted by Crippen LogP contribution is 2.55. The van der Waals surface area contributed by atoms with Gasteiger partial charge in [-0.25, -0.2) is 4.79 Å². The van der Waals surface area contributed by atoms with Crippen molar-refractivity contribution >= 4 is 23.3 Å². The second kappa shape index (κ2) is 10.9. The first-order valence-corrected chi connectivity index (χ1v) is 13.4. The summed E-state index contributed by atoms with van der Waals surface area (Å²) >= 11 is 0.